The summed E-state index contributed by atoms with van der Waals surface area (Å²) >= 11 is 0. The molecule has 25 heavy (non-hydrogen) atoms. The van der Waals surface area contributed by atoms with Gasteiger partial charge in [-0.1, -0.05) is 50.1 Å². The molecule has 3 atom stereocenters. The van der Waals surface area contributed by atoms with Gasteiger partial charge in [-0.25, -0.2) is 4.79 Å². The molecule has 0 unspecified atom stereocenters. The van der Waals surface area contributed by atoms with Crippen molar-refractivity contribution in [3.63, 3.8) is 0 Å². The summed E-state index contributed by atoms with van der Waals surface area (Å²) in [5.74, 6) is -0.245. The Bertz CT molecular complexity index is 676. The van der Waals surface area contributed by atoms with E-state index in [0.29, 0.717) is 11.5 Å². The molecule has 1 aromatic carbocycles. The van der Waals surface area contributed by atoms with E-state index in [1.807, 2.05) is 18.2 Å². The van der Waals surface area contributed by atoms with Gasteiger partial charge in [-0.3, -0.25) is 14.5 Å². The standard InChI is InChI=1S/C19H25N3O3/c1-13-8-6-7-11-15(13)20-16(23)12-22-17(24)19(2,21-18(22)25)14-9-4-3-5-10-14/h3-5,9-10,13,15H,6-8,11-12H2,1-2H3,(H,20,23)(H,21,25)/t13-,15+,19+/m0/s1. The van der Waals surface area contributed by atoms with Gasteiger partial charge in [0.25, 0.3) is 5.91 Å². The summed E-state index contributed by atoms with van der Waals surface area (Å²) in [4.78, 5) is 38.4. The van der Waals surface area contributed by atoms with Crippen LogP contribution in [0.2, 0.25) is 0 Å². The van der Waals surface area contributed by atoms with E-state index in [1.165, 1.54) is 6.42 Å². The second-order valence-corrected chi connectivity index (χ2v) is 7.25. The zero-order chi connectivity index (χ0) is 18.0. The second kappa shape index (κ2) is 6.86. The monoisotopic (exact) mass is 343 g/mol. The van der Waals surface area contributed by atoms with Crippen molar-refractivity contribution in [1.82, 2.24) is 15.5 Å². The van der Waals surface area contributed by atoms with Gasteiger partial charge in [0.05, 0.1) is 0 Å². The summed E-state index contributed by atoms with van der Waals surface area (Å²) in [5.41, 5.74) is -0.423. The summed E-state index contributed by atoms with van der Waals surface area (Å²) in [6, 6.07) is 8.69. The number of carbonyl (C=O) groups excluding carboxylic acids is 3. The minimum Gasteiger partial charge on any atom is -0.352 e. The third-order valence-electron chi connectivity index (χ3n) is 5.39. The average molecular weight is 343 g/mol. The van der Waals surface area contributed by atoms with Crippen molar-refractivity contribution in [2.24, 2.45) is 5.92 Å². The van der Waals surface area contributed by atoms with E-state index in [-0.39, 0.29) is 18.5 Å². The maximum absolute atomic E-state index is 12.8. The zero-order valence-corrected chi connectivity index (χ0v) is 14.7. The lowest BCUT2D eigenvalue weighted by atomic mass is 9.86. The minimum atomic E-state index is -1.13. The molecule has 0 radical (unpaired) electrons. The van der Waals surface area contributed by atoms with E-state index < -0.39 is 17.5 Å². The molecule has 6 nitrogen and oxygen atoms in total. The van der Waals surface area contributed by atoms with Crippen molar-refractivity contribution in [2.45, 2.75) is 51.1 Å². The fourth-order valence-electron chi connectivity index (χ4n) is 3.73. The van der Waals surface area contributed by atoms with Crippen LogP contribution >= 0.6 is 0 Å². The Morgan fingerprint density at radius 2 is 1.92 bits per heavy atom. The lowest BCUT2D eigenvalue weighted by Crippen LogP contribution is -2.47. The molecule has 2 aliphatic rings. The molecule has 1 aromatic rings. The van der Waals surface area contributed by atoms with Gasteiger partial charge in [-0.05, 0) is 31.2 Å². The Morgan fingerprint density at radius 3 is 2.60 bits per heavy atom. The summed E-state index contributed by atoms with van der Waals surface area (Å²) < 4.78 is 0. The van der Waals surface area contributed by atoms with Gasteiger partial charge in [0.1, 0.15) is 12.1 Å². The molecule has 1 saturated heterocycles. The molecule has 1 aliphatic carbocycles. The molecule has 0 aromatic heterocycles. The van der Waals surface area contributed by atoms with Crippen LogP contribution in [0, 0.1) is 5.92 Å². The molecule has 1 aliphatic heterocycles. The van der Waals surface area contributed by atoms with E-state index in [2.05, 4.69) is 17.6 Å². The second-order valence-electron chi connectivity index (χ2n) is 7.25. The van der Waals surface area contributed by atoms with Gasteiger partial charge in [0.2, 0.25) is 5.91 Å². The molecule has 3 rings (SSSR count). The number of rotatable bonds is 4. The molecular formula is C19H25N3O3. The SMILES string of the molecule is C[C@H]1CCCC[C@H]1NC(=O)CN1C(=O)N[C@](C)(c2ccccc2)C1=O. The largest absolute Gasteiger partial charge is 0.352 e. The van der Waals surface area contributed by atoms with E-state index in [0.717, 1.165) is 24.2 Å². The van der Waals surface area contributed by atoms with Gasteiger partial charge in [0.15, 0.2) is 0 Å². The number of benzene rings is 1. The van der Waals surface area contributed by atoms with Gasteiger partial charge >= 0.3 is 6.03 Å². The summed E-state index contributed by atoms with van der Waals surface area (Å²) in [6.45, 7) is 3.56. The molecule has 4 amide bonds. The minimum absolute atomic E-state index is 0.127. The van der Waals surface area contributed by atoms with Gasteiger partial charge in [-0.15, -0.1) is 0 Å². The summed E-state index contributed by atoms with van der Waals surface area (Å²) in [7, 11) is 0. The zero-order valence-electron chi connectivity index (χ0n) is 14.7. The quantitative estimate of drug-likeness (QED) is 0.822. The van der Waals surface area contributed by atoms with Gasteiger partial charge in [-0.2, -0.15) is 0 Å². The van der Waals surface area contributed by atoms with Crippen LogP contribution in [0.5, 0.6) is 0 Å². The van der Waals surface area contributed by atoms with E-state index in [4.69, 9.17) is 0 Å². The van der Waals surface area contributed by atoms with Crippen molar-refractivity contribution in [2.75, 3.05) is 6.54 Å². The lowest BCUT2D eigenvalue weighted by molar-refractivity contribution is -0.135. The molecule has 134 valence electrons. The third-order valence-corrected chi connectivity index (χ3v) is 5.39. The highest BCUT2D eigenvalue weighted by Gasteiger charge is 2.49. The van der Waals surface area contributed by atoms with Crippen LogP contribution < -0.4 is 10.6 Å². The number of nitrogens with one attached hydrogen (secondary N) is 2. The Morgan fingerprint density at radius 1 is 1.24 bits per heavy atom. The van der Waals surface area contributed by atoms with E-state index in [9.17, 15) is 14.4 Å². The van der Waals surface area contributed by atoms with Crippen LogP contribution in [0.1, 0.15) is 45.1 Å². The van der Waals surface area contributed by atoms with Crippen molar-refractivity contribution in [1.29, 1.82) is 0 Å². The highest BCUT2D eigenvalue weighted by atomic mass is 16.2. The number of hydrogen-bond donors (Lipinski definition) is 2. The fourth-order valence-corrected chi connectivity index (χ4v) is 3.73. The van der Waals surface area contributed by atoms with E-state index in [1.54, 1.807) is 19.1 Å². The molecule has 1 saturated carbocycles. The van der Waals surface area contributed by atoms with Crippen LogP contribution in [0.25, 0.3) is 0 Å². The Labute approximate surface area is 148 Å². The number of imide groups is 1. The van der Waals surface area contributed by atoms with Crippen molar-refractivity contribution in [3.05, 3.63) is 35.9 Å². The number of nitrogens with zero attached hydrogens (tertiary/aromatic N) is 1. The predicted octanol–water partition coefficient (Wildman–Crippen LogP) is 2.15. The number of amides is 4. The smallest absolute Gasteiger partial charge is 0.325 e. The first-order valence-electron chi connectivity index (χ1n) is 8.91. The molecule has 1 heterocycles. The lowest BCUT2D eigenvalue weighted by Gasteiger charge is -2.30. The molecule has 0 spiro atoms. The molecule has 0 bridgehead atoms. The first-order chi connectivity index (χ1) is 11.9. The predicted molar refractivity (Wildman–Crippen MR) is 93.6 cm³/mol. The Kier molecular flexibility index (Phi) is 4.79. The normalized spacial score (nSPS) is 29.4. The Hall–Kier alpha value is -2.37. The third kappa shape index (κ3) is 3.38. The summed E-state index contributed by atoms with van der Waals surface area (Å²) in [5, 5.41) is 5.71. The van der Waals surface area contributed by atoms with Crippen LogP contribution in [-0.4, -0.2) is 35.3 Å². The number of carbonyl (C=O) groups is 3. The van der Waals surface area contributed by atoms with Crippen molar-refractivity contribution in [3.8, 4) is 0 Å². The molecule has 2 fully saturated rings. The number of hydrogen-bond acceptors (Lipinski definition) is 3. The van der Waals surface area contributed by atoms with Gasteiger partial charge < -0.3 is 10.6 Å². The highest BCUT2D eigenvalue weighted by Crippen LogP contribution is 2.28. The number of urea groups is 1. The maximum Gasteiger partial charge on any atom is 0.325 e. The van der Waals surface area contributed by atoms with Crippen molar-refractivity contribution >= 4 is 17.8 Å². The first-order valence-corrected chi connectivity index (χ1v) is 8.91. The Balaban J connectivity index is 1.67. The van der Waals surface area contributed by atoms with Gasteiger partial charge in [0, 0.05) is 6.04 Å². The van der Waals surface area contributed by atoms with Crippen LogP contribution in [-0.2, 0) is 15.1 Å². The topological polar surface area (TPSA) is 78.5 Å². The average Bonchev–Trinajstić information content (AvgIpc) is 2.82. The fraction of sp³-hybridized carbons (Fsp3) is 0.526. The highest BCUT2D eigenvalue weighted by molar-refractivity contribution is 6.09. The van der Waals surface area contributed by atoms with E-state index >= 15 is 0 Å². The first kappa shape index (κ1) is 17.5. The van der Waals surface area contributed by atoms with Crippen LogP contribution in [0.4, 0.5) is 4.79 Å². The van der Waals surface area contributed by atoms with Crippen LogP contribution in [0.3, 0.4) is 0 Å². The molecule has 2 N–H and O–H groups in total. The molecule has 6 heteroatoms. The van der Waals surface area contributed by atoms with Crippen LogP contribution in [0.15, 0.2) is 30.3 Å². The molecular weight excluding hydrogens is 318 g/mol. The summed E-state index contributed by atoms with van der Waals surface area (Å²) in [6.07, 6.45) is 4.34. The maximum atomic E-state index is 12.8. The van der Waals surface area contributed by atoms with Crippen molar-refractivity contribution < 1.29 is 14.4 Å².